The highest BCUT2D eigenvalue weighted by molar-refractivity contribution is 5.78. The maximum Gasteiger partial charge on any atom is 0.305 e. The molecule has 0 aromatic rings. The van der Waals surface area contributed by atoms with Crippen molar-refractivity contribution in [3.63, 3.8) is 0 Å². The topological polar surface area (TPSA) is 103 Å². The molecule has 0 aromatic heterocycles. The zero-order valence-corrected chi connectivity index (χ0v) is 9.39. The average molecular weight is 241 g/mol. The van der Waals surface area contributed by atoms with E-state index in [2.05, 4.69) is 5.32 Å². The zero-order chi connectivity index (χ0) is 12.7. The van der Waals surface area contributed by atoms with E-state index in [9.17, 15) is 9.59 Å². The van der Waals surface area contributed by atoms with E-state index in [1.807, 2.05) is 6.07 Å². The van der Waals surface area contributed by atoms with Gasteiger partial charge in [-0.2, -0.15) is 5.26 Å². The van der Waals surface area contributed by atoms with Crippen molar-refractivity contribution in [2.75, 3.05) is 32.8 Å². The van der Waals surface area contributed by atoms with Crippen LogP contribution in [0.1, 0.15) is 6.42 Å². The summed E-state index contributed by atoms with van der Waals surface area (Å²) in [5.74, 6) is -1.19. The van der Waals surface area contributed by atoms with Crippen LogP contribution in [0.5, 0.6) is 0 Å². The minimum absolute atomic E-state index is 0.0349. The molecule has 0 bridgehead atoms. The molecule has 1 saturated heterocycles. The number of hydrogen-bond donors (Lipinski definition) is 2. The molecule has 7 nitrogen and oxygen atoms in total. The van der Waals surface area contributed by atoms with Crippen molar-refractivity contribution in [3.8, 4) is 6.07 Å². The number of carbonyl (C=O) groups excluding carboxylic acids is 1. The number of nitrogens with zero attached hydrogens (tertiary/aromatic N) is 2. The predicted molar refractivity (Wildman–Crippen MR) is 57.1 cm³/mol. The minimum atomic E-state index is -0.914. The van der Waals surface area contributed by atoms with Crippen molar-refractivity contribution in [1.82, 2.24) is 10.2 Å². The van der Waals surface area contributed by atoms with Crippen LogP contribution in [0.4, 0.5) is 0 Å². The van der Waals surface area contributed by atoms with Gasteiger partial charge in [0.25, 0.3) is 0 Å². The largest absolute Gasteiger partial charge is 0.481 e. The van der Waals surface area contributed by atoms with Crippen molar-refractivity contribution in [2.24, 2.45) is 0 Å². The van der Waals surface area contributed by atoms with Crippen LogP contribution < -0.4 is 5.32 Å². The second kappa shape index (κ2) is 6.83. The number of carboxylic acids is 1. The molecule has 17 heavy (non-hydrogen) atoms. The molecule has 1 aliphatic heterocycles. The molecule has 1 rings (SSSR count). The summed E-state index contributed by atoms with van der Waals surface area (Å²) in [7, 11) is 0. The number of hydrogen-bond acceptors (Lipinski definition) is 5. The van der Waals surface area contributed by atoms with Crippen LogP contribution in [0.25, 0.3) is 0 Å². The first-order valence-corrected chi connectivity index (χ1v) is 5.30. The minimum Gasteiger partial charge on any atom is -0.481 e. The first kappa shape index (κ1) is 13.4. The lowest BCUT2D eigenvalue weighted by atomic mass is 10.1. The van der Waals surface area contributed by atoms with Gasteiger partial charge < -0.3 is 15.2 Å². The van der Waals surface area contributed by atoms with E-state index in [0.717, 1.165) is 0 Å². The van der Waals surface area contributed by atoms with Crippen LogP contribution in [-0.4, -0.2) is 60.8 Å². The summed E-state index contributed by atoms with van der Waals surface area (Å²) in [6.45, 7) is 1.40. The standard InChI is InChI=1S/C10H15N3O4/c11-1-2-12-9(14)6-13-3-4-17-7-8(13)5-10(15)16/h8H,2-7H2,(H,12,14)(H,15,16). The van der Waals surface area contributed by atoms with Crippen LogP contribution in [0.15, 0.2) is 0 Å². The van der Waals surface area contributed by atoms with Crippen molar-refractivity contribution in [1.29, 1.82) is 5.26 Å². The Bertz CT molecular complexity index is 326. The molecular formula is C10H15N3O4. The highest BCUT2D eigenvalue weighted by Crippen LogP contribution is 2.09. The fraction of sp³-hybridized carbons (Fsp3) is 0.700. The number of rotatable bonds is 5. The van der Waals surface area contributed by atoms with Gasteiger partial charge in [0.1, 0.15) is 6.54 Å². The third kappa shape index (κ3) is 4.80. The molecule has 1 amide bonds. The summed E-state index contributed by atoms with van der Waals surface area (Å²) >= 11 is 0. The quantitative estimate of drug-likeness (QED) is 0.586. The lowest BCUT2D eigenvalue weighted by Gasteiger charge is -2.34. The molecular weight excluding hydrogens is 226 g/mol. The van der Waals surface area contributed by atoms with Gasteiger partial charge in [-0.15, -0.1) is 0 Å². The summed E-state index contributed by atoms with van der Waals surface area (Å²) in [4.78, 5) is 23.8. The number of carbonyl (C=O) groups is 2. The van der Waals surface area contributed by atoms with Crippen molar-refractivity contribution in [3.05, 3.63) is 0 Å². The van der Waals surface area contributed by atoms with Gasteiger partial charge in [0, 0.05) is 12.6 Å². The first-order chi connectivity index (χ1) is 8.13. The zero-order valence-electron chi connectivity index (χ0n) is 9.39. The Hall–Kier alpha value is -1.65. The summed E-state index contributed by atoms with van der Waals surface area (Å²) in [6.07, 6.45) is -0.0501. The van der Waals surface area contributed by atoms with E-state index < -0.39 is 5.97 Å². The molecule has 7 heteroatoms. The Labute approximate surface area is 99.0 Å². The Balaban J connectivity index is 2.45. The average Bonchev–Trinajstić information content (AvgIpc) is 2.28. The fourth-order valence-electron chi connectivity index (χ4n) is 1.67. The smallest absolute Gasteiger partial charge is 0.305 e. The molecule has 0 radical (unpaired) electrons. The molecule has 94 valence electrons. The van der Waals surface area contributed by atoms with Crippen molar-refractivity contribution >= 4 is 11.9 Å². The highest BCUT2D eigenvalue weighted by Gasteiger charge is 2.26. The Morgan fingerprint density at radius 2 is 2.35 bits per heavy atom. The fourth-order valence-corrected chi connectivity index (χ4v) is 1.67. The molecule has 1 heterocycles. The van der Waals surface area contributed by atoms with Gasteiger partial charge >= 0.3 is 5.97 Å². The van der Waals surface area contributed by atoms with Gasteiger partial charge in [0.15, 0.2) is 0 Å². The number of nitriles is 1. The molecule has 2 N–H and O–H groups in total. The maximum atomic E-state index is 11.4. The summed E-state index contributed by atoms with van der Waals surface area (Å²) < 4.78 is 5.19. The normalized spacial score (nSPS) is 20.5. The SMILES string of the molecule is N#CCNC(=O)CN1CCOCC1CC(=O)O. The van der Waals surface area contributed by atoms with Gasteiger partial charge in [-0.25, -0.2) is 0 Å². The van der Waals surface area contributed by atoms with Crippen LogP contribution in [0.3, 0.4) is 0 Å². The predicted octanol–water partition coefficient (Wildman–Crippen LogP) is -1.20. The Morgan fingerprint density at radius 3 is 3.00 bits per heavy atom. The van der Waals surface area contributed by atoms with Crippen LogP contribution in [0, 0.1) is 11.3 Å². The van der Waals surface area contributed by atoms with E-state index in [-0.39, 0.29) is 31.5 Å². The number of carboxylic acid groups (broad SMARTS) is 1. The maximum absolute atomic E-state index is 11.4. The van der Waals surface area contributed by atoms with E-state index in [1.165, 1.54) is 0 Å². The van der Waals surface area contributed by atoms with Crippen molar-refractivity contribution < 1.29 is 19.4 Å². The third-order valence-corrected chi connectivity index (χ3v) is 2.47. The second-order valence-electron chi connectivity index (χ2n) is 3.73. The van der Waals surface area contributed by atoms with Crippen LogP contribution in [-0.2, 0) is 14.3 Å². The molecule has 0 saturated carbocycles. The molecule has 1 fully saturated rings. The molecule has 1 atom stereocenters. The van der Waals surface area contributed by atoms with Gasteiger partial charge in [0.05, 0.1) is 32.2 Å². The Morgan fingerprint density at radius 1 is 1.59 bits per heavy atom. The van der Waals surface area contributed by atoms with E-state index in [1.54, 1.807) is 4.90 Å². The van der Waals surface area contributed by atoms with Crippen LogP contribution >= 0.6 is 0 Å². The number of morpholine rings is 1. The molecule has 0 aromatic carbocycles. The lowest BCUT2D eigenvalue weighted by molar-refractivity contribution is -0.141. The van der Waals surface area contributed by atoms with Gasteiger partial charge in [-0.1, -0.05) is 0 Å². The van der Waals surface area contributed by atoms with Crippen LogP contribution in [0.2, 0.25) is 0 Å². The summed E-state index contributed by atoms with van der Waals surface area (Å²) in [5.41, 5.74) is 0. The first-order valence-electron chi connectivity index (χ1n) is 5.30. The number of nitrogens with one attached hydrogen (secondary N) is 1. The van der Waals surface area contributed by atoms with E-state index in [4.69, 9.17) is 15.1 Å². The number of ether oxygens (including phenoxy) is 1. The van der Waals surface area contributed by atoms with E-state index >= 15 is 0 Å². The summed E-state index contributed by atoms with van der Waals surface area (Å²) in [5, 5.41) is 19.5. The number of aliphatic carboxylic acids is 1. The lowest BCUT2D eigenvalue weighted by Crippen LogP contribution is -2.50. The Kier molecular flexibility index (Phi) is 5.39. The molecule has 1 unspecified atom stereocenters. The molecule has 0 spiro atoms. The highest BCUT2D eigenvalue weighted by atomic mass is 16.5. The molecule has 1 aliphatic rings. The van der Waals surface area contributed by atoms with Gasteiger partial charge in [-0.3, -0.25) is 14.5 Å². The van der Waals surface area contributed by atoms with E-state index in [0.29, 0.717) is 19.8 Å². The molecule has 0 aliphatic carbocycles. The third-order valence-electron chi connectivity index (χ3n) is 2.47. The van der Waals surface area contributed by atoms with Gasteiger partial charge in [-0.05, 0) is 0 Å². The number of amides is 1. The summed E-state index contributed by atoms with van der Waals surface area (Å²) in [6, 6.07) is 1.53. The second-order valence-corrected chi connectivity index (χ2v) is 3.73. The van der Waals surface area contributed by atoms with Crippen molar-refractivity contribution in [2.45, 2.75) is 12.5 Å². The monoisotopic (exact) mass is 241 g/mol. The van der Waals surface area contributed by atoms with Gasteiger partial charge in [0.2, 0.25) is 5.91 Å².